The van der Waals surface area contributed by atoms with E-state index in [1.54, 1.807) is 0 Å². The van der Waals surface area contributed by atoms with Gasteiger partial charge in [-0.15, -0.1) is 0 Å². The number of alkyl halides is 3. The highest BCUT2D eigenvalue weighted by Gasteiger charge is 2.38. The molecule has 0 bridgehead atoms. The van der Waals surface area contributed by atoms with Crippen molar-refractivity contribution in [2.45, 2.75) is 6.18 Å². The van der Waals surface area contributed by atoms with E-state index in [0.717, 1.165) is 0 Å². The third kappa shape index (κ3) is 2.00. The highest BCUT2D eigenvalue weighted by atomic mass is 19.4. The molecule has 4 nitrogen and oxygen atoms in total. The molecule has 0 saturated heterocycles. The van der Waals surface area contributed by atoms with Crippen molar-refractivity contribution in [3.05, 3.63) is 35.5 Å². The molecule has 2 aromatic rings. The van der Waals surface area contributed by atoms with Gasteiger partial charge in [-0.3, -0.25) is 5.10 Å². The fourth-order valence-corrected chi connectivity index (χ4v) is 1.56. The van der Waals surface area contributed by atoms with Gasteiger partial charge >= 0.3 is 6.18 Å². The Kier molecular flexibility index (Phi) is 2.71. The van der Waals surface area contributed by atoms with E-state index < -0.39 is 11.9 Å². The summed E-state index contributed by atoms with van der Waals surface area (Å²) < 4.78 is 38.1. The van der Waals surface area contributed by atoms with Gasteiger partial charge in [-0.1, -0.05) is 12.1 Å². The predicted octanol–water partition coefficient (Wildman–Crippen LogP) is 2.55. The van der Waals surface area contributed by atoms with E-state index >= 15 is 0 Å². The Morgan fingerprint density at radius 2 is 1.83 bits per heavy atom. The Labute approximate surface area is 99.8 Å². The molecule has 0 amide bonds. The molecule has 7 heteroatoms. The predicted molar refractivity (Wildman–Crippen MR) is 58.2 cm³/mol. The number of aromatic nitrogens is 2. The lowest BCUT2D eigenvalue weighted by atomic mass is 10.0. The van der Waals surface area contributed by atoms with Crippen molar-refractivity contribution >= 4 is 5.82 Å². The second-order valence-corrected chi connectivity index (χ2v) is 3.55. The normalized spacial score (nSPS) is 11.2. The van der Waals surface area contributed by atoms with Crippen LogP contribution >= 0.6 is 0 Å². The first kappa shape index (κ1) is 12.0. The standard InChI is InChI=1S/C11H7F3N4/c12-11(13,14)9-8(10(16)18-17-9)7-3-1-6(5-15)2-4-7/h1-4H,(H3,16,17,18). The molecule has 0 atom stereocenters. The number of benzene rings is 1. The number of halogens is 3. The fourth-order valence-electron chi connectivity index (χ4n) is 1.56. The van der Waals surface area contributed by atoms with Crippen LogP contribution in [-0.2, 0) is 6.18 Å². The highest BCUT2D eigenvalue weighted by molar-refractivity contribution is 5.77. The minimum absolute atomic E-state index is 0.160. The van der Waals surface area contributed by atoms with Crippen molar-refractivity contribution in [1.82, 2.24) is 10.2 Å². The summed E-state index contributed by atoms with van der Waals surface area (Å²) in [5.74, 6) is -0.160. The molecule has 92 valence electrons. The number of aromatic amines is 1. The van der Waals surface area contributed by atoms with Gasteiger partial charge in [0, 0.05) is 0 Å². The molecule has 1 aromatic heterocycles. The first-order valence-corrected chi connectivity index (χ1v) is 4.85. The maximum atomic E-state index is 12.7. The summed E-state index contributed by atoms with van der Waals surface area (Å²) in [7, 11) is 0. The monoisotopic (exact) mass is 252 g/mol. The molecule has 0 aliphatic heterocycles. The molecule has 2 rings (SSSR count). The van der Waals surface area contributed by atoms with Gasteiger partial charge in [-0.2, -0.15) is 23.5 Å². The van der Waals surface area contributed by atoms with Crippen LogP contribution in [0.3, 0.4) is 0 Å². The minimum Gasteiger partial charge on any atom is -0.384 e. The lowest BCUT2D eigenvalue weighted by Gasteiger charge is -2.07. The van der Waals surface area contributed by atoms with Crippen molar-refractivity contribution in [3.63, 3.8) is 0 Å². The van der Waals surface area contributed by atoms with Gasteiger partial charge in [0.1, 0.15) is 5.82 Å². The summed E-state index contributed by atoms with van der Waals surface area (Å²) >= 11 is 0. The molecule has 0 aliphatic rings. The molecular formula is C11H7F3N4. The molecule has 18 heavy (non-hydrogen) atoms. The quantitative estimate of drug-likeness (QED) is 0.818. The van der Waals surface area contributed by atoms with Crippen LogP contribution in [-0.4, -0.2) is 10.2 Å². The molecular weight excluding hydrogens is 245 g/mol. The topological polar surface area (TPSA) is 78.5 Å². The zero-order valence-electron chi connectivity index (χ0n) is 8.92. The largest absolute Gasteiger partial charge is 0.435 e. The van der Waals surface area contributed by atoms with Gasteiger partial charge in [0.25, 0.3) is 0 Å². The molecule has 0 aliphatic carbocycles. The van der Waals surface area contributed by atoms with Crippen LogP contribution in [0.1, 0.15) is 11.3 Å². The van der Waals surface area contributed by atoms with Gasteiger partial charge in [-0.25, -0.2) is 0 Å². The summed E-state index contributed by atoms with van der Waals surface area (Å²) in [6.45, 7) is 0. The van der Waals surface area contributed by atoms with Gasteiger partial charge in [0.2, 0.25) is 0 Å². The number of hydrogen-bond donors (Lipinski definition) is 2. The van der Waals surface area contributed by atoms with Gasteiger partial charge in [0.05, 0.1) is 17.2 Å². The molecule has 0 unspecified atom stereocenters. The van der Waals surface area contributed by atoms with Gasteiger partial charge in [0.15, 0.2) is 5.69 Å². The fraction of sp³-hybridized carbons (Fsp3) is 0.0909. The molecule has 0 fully saturated rings. The number of nitrogen functional groups attached to an aromatic ring is 1. The minimum atomic E-state index is -4.59. The third-order valence-corrected chi connectivity index (χ3v) is 2.37. The van der Waals surface area contributed by atoms with Crippen molar-refractivity contribution in [1.29, 1.82) is 5.26 Å². The number of hydrogen-bond acceptors (Lipinski definition) is 3. The van der Waals surface area contributed by atoms with Crippen LogP contribution in [0.5, 0.6) is 0 Å². The zero-order valence-corrected chi connectivity index (χ0v) is 8.92. The highest BCUT2D eigenvalue weighted by Crippen LogP contribution is 2.38. The van der Waals surface area contributed by atoms with E-state index in [0.29, 0.717) is 5.56 Å². The lowest BCUT2D eigenvalue weighted by molar-refractivity contribution is -0.140. The molecule has 0 saturated carbocycles. The number of rotatable bonds is 1. The maximum absolute atomic E-state index is 12.7. The number of anilines is 1. The maximum Gasteiger partial charge on any atom is 0.435 e. The Bertz CT molecular complexity index is 605. The molecule has 0 spiro atoms. The smallest absolute Gasteiger partial charge is 0.384 e. The number of nitrogens with two attached hydrogens (primary N) is 1. The van der Waals surface area contributed by atoms with E-state index in [1.807, 2.05) is 6.07 Å². The average molecular weight is 252 g/mol. The average Bonchev–Trinajstić information content (AvgIpc) is 2.71. The second kappa shape index (κ2) is 4.07. The number of nitriles is 1. The van der Waals surface area contributed by atoms with E-state index in [2.05, 4.69) is 10.2 Å². The van der Waals surface area contributed by atoms with Crippen LogP contribution in [0.4, 0.5) is 19.0 Å². The Morgan fingerprint density at radius 1 is 1.22 bits per heavy atom. The molecule has 1 aromatic carbocycles. The van der Waals surface area contributed by atoms with Crippen molar-refractivity contribution in [3.8, 4) is 17.2 Å². The Balaban J connectivity index is 2.57. The SMILES string of the molecule is N#Cc1ccc(-c2c(C(F)(F)F)n[nH]c2N)cc1. The van der Waals surface area contributed by atoms with Crippen LogP contribution in [0.15, 0.2) is 24.3 Å². The van der Waals surface area contributed by atoms with E-state index in [1.165, 1.54) is 24.3 Å². The number of nitrogens with zero attached hydrogens (tertiary/aromatic N) is 2. The third-order valence-electron chi connectivity index (χ3n) is 2.37. The number of H-pyrrole nitrogens is 1. The van der Waals surface area contributed by atoms with Crippen LogP contribution in [0, 0.1) is 11.3 Å². The Morgan fingerprint density at radius 3 is 2.33 bits per heavy atom. The summed E-state index contributed by atoms with van der Waals surface area (Å²) in [5.41, 5.74) is 4.80. The van der Waals surface area contributed by atoms with Crippen molar-refractivity contribution in [2.24, 2.45) is 0 Å². The van der Waals surface area contributed by atoms with Crippen molar-refractivity contribution < 1.29 is 13.2 Å². The van der Waals surface area contributed by atoms with E-state index in [9.17, 15) is 13.2 Å². The van der Waals surface area contributed by atoms with Crippen LogP contribution < -0.4 is 5.73 Å². The lowest BCUT2D eigenvalue weighted by Crippen LogP contribution is -2.07. The van der Waals surface area contributed by atoms with Crippen LogP contribution in [0.2, 0.25) is 0 Å². The Hall–Kier alpha value is -2.49. The molecule has 1 heterocycles. The van der Waals surface area contributed by atoms with Gasteiger partial charge < -0.3 is 5.73 Å². The molecule has 3 N–H and O–H groups in total. The molecule has 0 radical (unpaired) electrons. The van der Waals surface area contributed by atoms with Crippen LogP contribution in [0.25, 0.3) is 11.1 Å². The van der Waals surface area contributed by atoms with Crippen molar-refractivity contribution in [2.75, 3.05) is 5.73 Å². The zero-order chi connectivity index (χ0) is 13.3. The van der Waals surface area contributed by atoms with E-state index in [4.69, 9.17) is 11.0 Å². The van der Waals surface area contributed by atoms with E-state index in [-0.39, 0.29) is 16.9 Å². The first-order chi connectivity index (χ1) is 8.43. The summed E-state index contributed by atoms with van der Waals surface area (Å²) in [5, 5.41) is 13.9. The first-order valence-electron chi connectivity index (χ1n) is 4.85. The summed E-state index contributed by atoms with van der Waals surface area (Å²) in [6, 6.07) is 7.51. The summed E-state index contributed by atoms with van der Waals surface area (Å²) in [4.78, 5) is 0. The summed E-state index contributed by atoms with van der Waals surface area (Å²) in [6.07, 6.45) is -4.59. The second-order valence-electron chi connectivity index (χ2n) is 3.55. The number of nitrogens with one attached hydrogen (secondary N) is 1. The van der Waals surface area contributed by atoms with Gasteiger partial charge in [-0.05, 0) is 17.7 Å².